The van der Waals surface area contributed by atoms with Gasteiger partial charge in [-0.3, -0.25) is 0 Å². The fourth-order valence-corrected chi connectivity index (χ4v) is 4.81. The molecule has 37 heavy (non-hydrogen) atoms. The summed E-state index contributed by atoms with van der Waals surface area (Å²) in [6, 6.07) is -9.04. The first-order valence-electron chi connectivity index (χ1n) is 20.6. The lowest BCUT2D eigenvalue weighted by atomic mass is 9.84. The molecular weight excluding hydrogens is 448 g/mol. The minimum Gasteiger partial charge on any atom is -0.456 e. The van der Waals surface area contributed by atoms with Crippen LogP contribution in [0.4, 0.5) is 0 Å². The van der Waals surface area contributed by atoms with Gasteiger partial charge in [-0.05, 0) is 72.7 Å². The Morgan fingerprint density at radius 3 is 1.73 bits per heavy atom. The van der Waals surface area contributed by atoms with Crippen molar-refractivity contribution in [3.05, 3.63) is 133 Å². The second-order valence-electron chi connectivity index (χ2n) is 8.27. The van der Waals surface area contributed by atoms with Crippen LogP contribution in [0.2, 0.25) is 0 Å². The fourth-order valence-electron chi connectivity index (χ4n) is 4.81. The van der Waals surface area contributed by atoms with E-state index in [-0.39, 0.29) is 43.8 Å². The van der Waals surface area contributed by atoms with E-state index in [1.54, 1.807) is 0 Å². The summed E-state index contributed by atoms with van der Waals surface area (Å²) < 4.78 is 172. The Morgan fingerprint density at radius 2 is 1.00 bits per heavy atom. The maximum absolute atomic E-state index is 9.25. The number of rotatable bonds is 2. The molecule has 0 spiro atoms. The van der Waals surface area contributed by atoms with Crippen LogP contribution >= 0.6 is 0 Å². The second-order valence-corrected chi connectivity index (χ2v) is 8.27. The number of fused-ring (bicyclic) bond motifs is 6. The maximum Gasteiger partial charge on any atom is 0.135 e. The van der Waals surface area contributed by atoms with Crippen LogP contribution in [0, 0.1) is 0 Å². The molecule has 0 radical (unpaired) electrons. The molecule has 0 bridgehead atoms. The van der Waals surface area contributed by atoms with Gasteiger partial charge in [-0.25, -0.2) is 0 Å². The lowest BCUT2D eigenvalue weighted by molar-refractivity contribution is 0.669. The van der Waals surface area contributed by atoms with Gasteiger partial charge in [0.15, 0.2) is 0 Å². The highest BCUT2D eigenvalue weighted by Crippen LogP contribution is 2.45. The van der Waals surface area contributed by atoms with Gasteiger partial charge in [0.2, 0.25) is 0 Å². The Balaban J connectivity index is 1.73. The molecule has 7 aromatic carbocycles. The Kier molecular flexibility index (Phi) is 1.94. The zero-order chi connectivity index (χ0) is 40.9. The van der Waals surface area contributed by atoms with E-state index in [0.717, 1.165) is 0 Å². The van der Waals surface area contributed by atoms with Crippen LogP contribution in [0.1, 0.15) is 26.0 Å². The molecule has 0 unspecified atom stereocenters. The van der Waals surface area contributed by atoms with Crippen LogP contribution < -0.4 is 0 Å². The second kappa shape index (κ2) is 7.81. The fraction of sp³-hybridized carbons (Fsp3) is 0. The van der Waals surface area contributed by atoms with E-state index < -0.39 is 147 Å². The van der Waals surface area contributed by atoms with Crippen molar-refractivity contribution >= 4 is 54.3 Å². The molecule has 0 fully saturated rings. The Labute approximate surface area is 240 Å². The van der Waals surface area contributed by atoms with Crippen LogP contribution in [0.15, 0.2) is 137 Å². The predicted octanol–water partition coefficient (Wildman–Crippen LogP) is 10.4. The first-order chi connectivity index (χ1) is 26.3. The van der Waals surface area contributed by atoms with Crippen molar-refractivity contribution in [3.8, 4) is 22.3 Å². The Morgan fingerprint density at radius 1 is 0.432 bits per heavy atom. The predicted molar refractivity (Wildman–Crippen MR) is 157 cm³/mol. The van der Waals surface area contributed by atoms with Crippen LogP contribution in [0.3, 0.4) is 0 Å². The molecule has 1 heterocycles. The van der Waals surface area contributed by atoms with Crippen molar-refractivity contribution in [1.82, 2.24) is 0 Å². The van der Waals surface area contributed by atoms with Crippen LogP contribution in [0.5, 0.6) is 0 Å². The van der Waals surface area contributed by atoms with E-state index >= 15 is 0 Å². The molecule has 8 aromatic rings. The van der Waals surface area contributed by atoms with Crippen molar-refractivity contribution in [3.63, 3.8) is 0 Å². The largest absolute Gasteiger partial charge is 0.456 e. The standard InChI is InChI=1S/C36H22O/c1-2-12-25-23(10-1)11-9-18-27(25)36-30-16-5-3-14-28(30)35(29-15-4-6-17-31(29)36)24-20-21-34-32(22-24)26-13-7-8-19-33(26)37-34/h1-22H/i1D,2D,3D,4D,5D,6D,7D,8D,9D,10D,11D,12D,13D,14D,15D,16D,17D,18D,19D. The molecular formula is C36H22O. The highest BCUT2D eigenvalue weighted by atomic mass is 16.3. The smallest absolute Gasteiger partial charge is 0.135 e. The van der Waals surface area contributed by atoms with Crippen molar-refractivity contribution in [1.29, 1.82) is 0 Å². The summed E-state index contributed by atoms with van der Waals surface area (Å²) in [6.45, 7) is 0. The summed E-state index contributed by atoms with van der Waals surface area (Å²) >= 11 is 0. The van der Waals surface area contributed by atoms with Gasteiger partial charge in [-0.2, -0.15) is 0 Å². The van der Waals surface area contributed by atoms with Gasteiger partial charge < -0.3 is 4.42 Å². The topological polar surface area (TPSA) is 13.1 Å². The molecule has 172 valence electrons. The van der Waals surface area contributed by atoms with E-state index in [2.05, 4.69) is 0 Å². The minimum atomic E-state index is -0.813. The van der Waals surface area contributed by atoms with Crippen LogP contribution in [-0.4, -0.2) is 0 Å². The maximum atomic E-state index is 9.25. The molecule has 0 aliphatic rings. The van der Waals surface area contributed by atoms with Gasteiger partial charge in [0, 0.05) is 10.8 Å². The molecule has 8 rings (SSSR count). The highest BCUT2D eigenvalue weighted by Gasteiger charge is 2.18. The summed E-state index contributed by atoms with van der Waals surface area (Å²) in [5, 5.41) is -2.31. The van der Waals surface area contributed by atoms with Gasteiger partial charge >= 0.3 is 0 Å². The lowest BCUT2D eigenvalue weighted by Crippen LogP contribution is -1.91. The number of para-hydroxylation sites is 1. The van der Waals surface area contributed by atoms with Crippen molar-refractivity contribution < 1.29 is 30.5 Å². The molecule has 0 saturated heterocycles. The molecule has 0 saturated carbocycles. The van der Waals surface area contributed by atoms with Gasteiger partial charge in [-0.15, -0.1) is 0 Å². The average molecular weight is 490 g/mol. The molecule has 0 atom stereocenters. The molecule has 0 amide bonds. The van der Waals surface area contributed by atoms with Crippen LogP contribution in [-0.2, 0) is 0 Å². The van der Waals surface area contributed by atoms with Crippen molar-refractivity contribution in [2.45, 2.75) is 0 Å². The number of furan rings is 1. The van der Waals surface area contributed by atoms with E-state index in [4.69, 9.17) is 25.0 Å². The summed E-state index contributed by atoms with van der Waals surface area (Å²) in [6.07, 6.45) is 0. The van der Waals surface area contributed by atoms with E-state index in [0.29, 0.717) is 0 Å². The third-order valence-electron chi connectivity index (χ3n) is 6.34. The minimum absolute atomic E-state index is 0.0141. The van der Waals surface area contributed by atoms with Gasteiger partial charge in [0.25, 0.3) is 0 Å². The molecule has 1 aromatic heterocycles. The summed E-state index contributed by atoms with van der Waals surface area (Å²) in [5.74, 6) is 0. The number of hydrogen-bond acceptors (Lipinski definition) is 1. The summed E-state index contributed by atoms with van der Waals surface area (Å²) in [7, 11) is 0. The molecule has 1 heteroatoms. The average Bonchev–Trinajstić information content (AvgIpc) is 3.57. The quantitative estimate of drug-likeness (QED) is 0.220. The molecule has 1 nitrogen and oxygen atoms in total. The molecule has 0 aliphatic heterocycles. The molecule has 0 N–H and O–H groups in total. The first-order valence-corrected chi connectivity index (χ1v) is 11.1. The number of benzene rings is 7. The van der Waals surface area contributed by atoms with E-state index in [1.807, 2.05) is 0 Å². The first kappa shape index (κ1) is 9.21. The van der Waals surface area contributed by atoms with Gasteiger partial charge in [0.05, 0.1) is 26.0 Å². The molecule has 0 aliphatic carbocycles. The monoisotopic (exact) mass is 489 g/mol. The summed E-state index contributed by atoms with van der Waals surface area (Å²) in [4.78, 5) is 0. The van der Waals surface area contributed by atoms with Crippen LogP contribution in [0.25, 0.3) is 76.5 Å². The Bertz CT molecular complexity index is 3100. The third kappa shape index (κ3) is 2.98. The zero-order valence-electron chi connectivity index (χ0n) is 37.6. The normalized spacial score (nSPS) is 19.0. The van der Waals surface area contributed by atoms with Gasteiger partial charge in [-0.1, -0.05) is 115 Å². The van der Waals surface area contributed by atoms with Crippen molar-refractivity contribution in [2.75, 3.05) is 0 Å². The van der Waals surface area contributed by atoms with E-state index in [1.165, 1.54) is 18.2 Å². The summed E-state index contributed by atoms with van der Waals surface area (Å²) in [5.41, 5.74) is -1.10. The number of hydrogen-bond donors (Lipinski definition) is 0. The Hall–Kier alpha value is -4.88. The highest BCUT2D eigenvalue weighted by molar-refractivity contribution is 6.24. The van der Waals surface area contributed by atoms with Gasteiger partial charge in [0.1, 0.15) is 11.2 Å². The lowest BCUT2D eigenvalue weighted by Gasteiger charge is -2.18. The van der Waals surface area contributed by atoms with Crippen molar-refractivity contribution in [2.24, 2.45) is 0 Å². The zero-order valence-corrected chi connectivity index (χ0v) is 18.6. The SMILES string of the molecule is [2H]c1c([2H])c([2H])c2c(oc3ccc(-c4c5c([2H])c([2H])c([2H])c([2H])c5c(-c5c([2H])c([2H])c([2H])c6c([2H])c([2H])c([2H])c([2H])c56)c5c([2H])c([2H])c([2H])c([2H])c45)cc32)c1[2H]. The third-order valence-corrected chi connectivity index (χ3v) is 6.34. The van der Waals surface area contributed by atoms with E-state index in [9.17, 15) is 5.48 Å².